The maximum absolute atomic E-state index is 9.54. The smallest absolute Gasteiger partial charge is 0.0787 e. The third-order valence-electron chi connectivity index (χ3n) is 2.30. The minimum atomic E-state index is -0.302. The highest BCUT2D eigenvalue weighted by atomic mass is 16.3. The first kappa shape index (κ1) is 9.27. The van der Waals surface area contributed by atoms with Crippen LogP contribution >= 0.6 is 0 Å². The fourth-order valence-corrected chi connectivity index (χ4v) is 1.21. The van der Waals surface area contributed by atoms with Crippen LogP contribution in [0.4, 0.5) is 0 Å². The third kappa shape index (κ3) is 1.86. The minimum Gasteiger partial charge on any atom is -0.388 e. The van der Waals surface area contributed by atoms with E-state index in [1.807, 2.05) is 13.0 Å². The van der Waals surface area contributed by atoms with Gasteiger partial charge in [0.15, 0.2) is 0 Å². The van der Waals surface area contributed by atoms with Gasteiger partial charge in [-0.1, -0.05) is 25.1 Å². The summed E-state index contributed by atoms with van der Waals surface area (Å²) in [5, 5.41) is 9.54. The molecule has 0 aliphatic heterocycles. The van der Waals surface area contributed by atoms with E-state index in [2.05, 4.69) is 26.0 Å². The van der Waals surface area contributed by atoms with Gasteiger partial charge in [0.25, 0.3) is 0 Å². The quantitative estimate of drug-likeness (QED) is 0.712. The molecule has 1 unspecified atom stereocenters. The van der Waals surface area contributed by atoms with Gasteiger partial charge in [-0.2, -0.15) is 0 Å². The minimum absolute atomic E-state index is 0.302. The summed E-state index contributed by atoms with van der Waals surface area (Å²) in [7, 11) is 0. The van der Waals surface area contributed by atoms with Crippen molar-refractivity contribution in [3.8, 4) is 0 Å². The van der Waals surface area contributed by atoms with E-state index in [-0.39, 0.29) is 6.10 Å². The molecule has 0 heterocycles. The molecule has 0 aliphatic rings. The molecule has 0 bridgehead atoms. The van der Waals surface area contributed by atoms with Gasteiger partial charge in [0.05, 0.1) is 6.10 Å². The Morgan fingerprint density at radius 1 is 1.25 bits per heavy atom. The summed E-state index contributed by atoms with van der Waals surface area (Å²) in [5.41, 5.74) is 3.56. The second kappa shape index (κ2) is 3.72. The van der Waals surface area contributed by atoms with Crippen molar-refractivity contribution in [2.45, 2.75) is 33.3 Å². The SMILES string of the molecule is CCC(O)c1ccc(C)c(C)c1. The monoisotopic (exact) mass is 164 g/mol. The molecule has 0 aromatic heterocycles. The Kier molecular flexibility index (Phi) is 2.88. The van der Waals surface area contributed by atoms with Crippen LogP contribution in [-0.4, -0.2) is 5.11 Å². The van der Waals surface area contributed by atoms with E-state index >= 15 is 0 Å². The predicted octanol–water partition coefficient (Wildman–Crippen LogP) is 2.75. The van der Waals surface area contributed by atoms with Crippen LogP contribution in [0.15, 0.2) is 18.2 Å². The lowest BCUT2D eigenvalue weighted by Crippen LogP contribution is -1.95. The highest BCUT2D eigenvalue weighted by Gasteiger charge is 2.04. The van der Waals surface area contributed by atoms with Crippen LogP contribution < -0.4 is 0 Å². The summed E-state index contributed by atoms with van der Waals surface area (Å²) < 4.78 is 0. The second-order valence-corrected chi connectivity index (χ2v) is 3.27. The lowest BCUT2D eigenvalue weighted by Gasteiger charge is -2.09. The van der Waals surface area contributed by atoms with E-state index in [1.54, 1.807) is 0 Å². The van der Waals surface area contributed by atoms with Gasteiger partial charge in [-0.05, 0) is 37.0 Å². The predicted molar refractivity (Wildman–Crippen MR) is 51.2 cm³/mol. The van der Waals surface area contributed by atoms with E-state index in [0.717, 1.165) is 12.0 Å². The van der Waals surface area contributed by atoms with Gasteiger partial charge in [0.1, 0.15) is 0 Å². The summed E-state index contributed by atoms with van der Waals surface area (Å²) in [6.07, 6.45) is 0.479. The number of aliphatic hydroxyl groups excluding tert-OH is 1. The number of rotatable bonds is 2. The third-order valence-corrected chi connectivity index (χ3v) is 2.30. The van der Waals surface area contributed by atoms with Crippen molar-refractivity contribution in [1.29, 1.82) is 0 Å². The molecule has 1 aromatic rings. The number of benzene rings is 1. The zero-order valence-corrected chi connectivity index (χ0v) is 7.96. The Labute approximate surface area is 74.1 Å². The summed E-state index contributed by atoms with van der Waals surface area (Å²) in [6.45, 7) is 6.14. The standard InChI is InChI=1S/C11H16O/c1-4-11(12)10-6-5-8(2)9(3)7-10/h5-7,11-12H,4H2,1-3H3. The molecule has 12 heavy (non-hydrogen) atoms. The summed E-state index contributed by atoms with van der Waals surface area (Å²) in [5.74, 6) is 0. The molecule has 1 N–H and O–H groups in total. The first-order valence-corrected chi connectivity index (χ1v) is 4.40. The van der Waals surface area contributed by atoms with Crippen LogP contribution in [0, 0.1) is 13.8 Å². The summed E-state index contributed by atoms with van der Waals surface area (Å²) >= 11 is 0. The fourth-order valence-electron chi connectivity index (χ4n) is 1.21. The first-order chi connectivity index (χ1) is 5.65. The maximum atomic E-state index is 9.54. The molecule has 1 atom stereocenters. The summed E-state index contributed by atoms with van der Waals surface area (Å²) in [4.78, 5) is 0. The number of hydrogen-bond donors (Lipinski definition) is 1. The number of aliphatic hydroxyl groups is 1. The molecule has 0 fully saturated rings. The Bertz CT molecular complexity index is 266. The molecule has 1 aromatic carbocycles. The van der Waals surface area contributed by atoms with Crippen LogP contribution in [0.25, 0.3) is 0 Å². The molecule has 1 heteroatoms. The van der Waals surface area contributed by atoms with Crippen LogP contribution in [0.3, 0.4) is 0 Å². The molecule has 66 valence electrons. The van der Waals surface area contributed by atoms with Gasteiger partial charge in [-0.15, -0.1) is 0 Å². The van der Waals surface area contributed by atoms with Gasteiger partial charge >= 0.3 is 0 Å². The van der Waals surface area contributed by atoms with Crippen molar-refractivity contribution in [3.05, 3.63) is 34.9 Å². The second-order valence-electron chi connectivity index (χ2n) is 3.27. The number of hydrogen-bond acceptors (Lipinski definition) is 1. The van der Waals surface area contributed by atoms with E-state index < -0.39 is 0 Å². The highest BCUT2D eigenvalue weighted by molar-refractivity contribution is 5.30. The molecule has 0 saturated heterocycles. The van der Waals surface area contributed by atoms with Crippen molar-refractivity contribution in [2.24, 2.45) is 0 Å². The van der Waals surface area contributed by atoms with Crippen molar-refractivity contribution < 1.29 is 5.11 Å². The van der Waals surface area contributed by atoms with E-state index in [1.165, 1.54) is 11.1 Å². The van der Waals surface area contributed by atoms with Gasteiger partial charge in [0.2, 0.25) is 0 Å². The molecule has 0 saturated carbocycles. The normalized spacial score (nSPS) is 13.0. The van der Waals surface area contributed by atoms with Gasteiger partial charge in [-0.3, -0.25) is 0 Å². The molecular formula is C11H16O. The van der Waals surface area contributed by atoms with Crippen molar-refractivity contribution in [3.63, 3.8) is 0 Å². The zero-order chi connectivity index (χ0) is 9.14. The highest BCUT2D eigenvalue weighted by Crippen LogP contribution is 2.18. The maximum Gasteiger partial charge on any atom is 0.0787 e. The van der Waals surface area contributed by atoms with E-state index in [0.29, 0.717) is 0 Å². The zero-order valence-electron chi connectivity index (χ0n) is 7.96. The average molecular weight is 164 g/mol. The Hall–Kier alpha value is -0.820. The molecule has 0 amide bonds. The van der Waals surface area contributed by atoms with Crippen LogP contribution in [0.5, 0.6) is 0 Å². The molecule has 1 rings (SSSR count). The van der Waals surface area contributed by atoms with E-state index in [4.69, 9.17) is 0 Å². The van der Waals surface area contributed by atoms with Crippen molar-refractivity contribution in [1.82, 2.24) is 0 Å². The van der Waals surface area contributed by atoms with E-state index in [9.17, 15) is 5.11 Å². The molecule has 1 nitrogen and oxygen atoms in total. The van der Waals surface area contributed by atoms with Gasteiger partial charge in [-0.25, -0.2) is 0 Å². The first-order valence-electron chi connectivity index (χ1n) is 4.40. The van der Waals surface area contributed by atoms with Crippen LogP contribution in [-0.2, 0) is 0 Å². The molecule has 0 radical (unpaired) electrons. The van der Waals surface area contributed by atoms with Gasteiger partial charge < -0.3 is 5.11 Å². The lowest BCUT2D eigenvalue weighted by molar-refractivity contribution is 0.173. The molecular weight excluding hydrogens is 148 g/mol. The molecule has 0 aliphatic carbocycles. The topological polar surface area (TPSA) is 20.2 Å². The average Bonchev–Trinajstić information content (AvgIpc) is 2.08. The lowest BCUT2D eigenvalue weighted by atomic mass is 10.0. The van der Waals surface area contributed by atoms with Crippen LogP contribution in [0.2, 0.25) is 0 Å². The summed E-state index contributed by atoms with van der Waals surface area (Å²) in [6, 6.07) is 6.11. The largest absolute Gasteiger partial charge is 0.388 e. The molecule has 0 spiro atoms. The Morgan fingerprint density at radius 3 is 2.42 bits per heavy atom. The van der Waals surface area contributed by atoms with Crippen LogP contribution in [0.1, 0.15) is 36.1 Å². The van der Waals surface area contributed by atoms with Gasteiger partial charge in [0, 0.05) is 0 Å². The van der Waals surface area contributed by atoms with Crippen molar-refractivity contribution in [2.75, 3.05) is 0 Å². The number of aryl methyl sites for hydroxylation is 2. The van der Waals surface area contributed by atoms with Crippen molar-refractivity contribution >= 4 is 0 Å². The Balaban J connectivity index is 2.96. The Morgan fingerprint density at radius 2 is 1.92 bits per heavy atom. The fraction of sp³-hybridized carbons (Fsp3) is 0.455.